The molecule has 0 saturated carbocycles. The zero-order valence-electron chi connectivity index (χ0n) is 12.1. The molecule has 6 nitrogen and oxygen atoms in total. The minimum absolute atomic E-state index is 0.121. The van der Waals surface area contributed by atoms with Crippen LogP contribution >= 0.6 is 0 Å². The molecule has 3 rings (SSSR count). The first kappa shape index (κ1) is 14.3. The van der Waals surface area contributed by atoms with E-state index in [1.165, 1.54) is 6.33 Å². The van der Waals surface area contributed by atoms with Gasteiger partial charge in [0.1, 0.15) is 6.61 Å². The molecule has 114 valence electrons. The van der Waals surface area contributed by atoms with Crippen LogP contribution in [-0.4, -0.2) is 34.1 Å². The van der Waals surface area contributed by atoms with Gasteiger partial charge in [-0.3, -0.25) is 4.79 Å². The topological polar surface area (TPSA) is 75.3 Å². The molecule has 0 spiro atoms. The van der Waals surface area contributed by atoms with Gasteiger partial charge in [0.2, 0.25) is 0 Å². The van der Waals surface area contributed by atoms with Gasteiger partial charge >= 0.3 is 6.09 Å². The fraction of sp³-hybridized carbons (Fsp3) is 0.312. The number of ether oxygens (including phenoxy) is 1. The molecular formula is C16H17N3O3. The molecular weight excluding hydrogens is 282 g/mol. The van der Waals surface area contributed by atoms with E-state index >= 15 is 0 Å². The molecule has 22 heavy (non-hydrogen) atoms. The molecule has 0 radical (unpaired) electrons. The second kappa shape index (κ2) is 6.43. The molecule has 0 fully saturated rings. The highest BCUT2D eigenvalue weighted by atomic mass is 16.6. The largest absolute Gasteiger partial charge is 0.445 e. The molecule has 2 heterocycles. The molecule has 1 N–H and O–H groups in total. The third-order valence-electron chi connectivity index (χ3n) is 3.75. The van der Waals surface area contributed by atoms with Crippen molar-refractivity contribution in [2.75, 3.05) is 13.1 Å². The van der Waals surface area contributed by atoms with E-state index in [0.717, 1.165) is 11.3 Å². The van der Waals surface area contributed by atoms with Crippen LogP contribution in [0.1, 0.15) is 16.8 Å². The third kappa shape index (κ3) is 3.16. The number of nitrogens with zero attached hydrogens (tertiary/aromatic N) is 2. The summed E-state index contributed by atoms with van der Waals surface area (Å²) in [5.41, 5.74) is 2.26. The van der Waals surface area contributed by atoms with Crippen LogP contribution in [0.4, 0.5) is 4.79 Å². The van der Waals surface area contributed by atoms with Gasteiger partial charge in [-0.05, 0) is 12.0 Å². The summed E-state index contributed by atoms with van der Waals surface area (Å²) < 4.78 is 5.33. The van der Waals surface area contributed by atoms with Gasteiger partial charge in [0.15, 0.2) is 0 Å². The Bertz CT molecular complexity index is 712. The van der Waals surface area contributed by atoms with Gasteiger partial charge in [-0.15, -0.1) is 0 Å². The molecule has 0 aliphatic carbocycles. The van der Waals surface area contributed by atoms with E-state index in [2.05, 4.69) is 9.97 Å². The molecule has 1 aromatic heterocycles. The number of rotatable bonds is 2. The fourth-order valence-corrected chi connectivity index (χ4v) is 2.53. The van der Waals surface area contributed by atoms with Crippen molar-refractivity contribution >= 4 is 6.09 Å². The van der Waals surface area contributed by atoms with E-state index < -0.39 is 0 Å². The number of carbonyl (C=O) groups excluding carboxylic acids is 1. The number of benzene rings is 1. The van der Waals surface area contributed by atoms with Gasteiger partial charge in [-0.2, -0.15) is 0 Å². The van der Waals surface area contributed by atoms with E-state index in [1.807, 2.05) is 30.3 Å². The number of nitrogens with one attached hydrogen (secondary N) is 1. The molecule has 0 saturated heterocycles. The number of hydrogen-bond donors (Lipinski definition) is 1. The number of amides is 1. The van der Waals surface area contributed by atoms with Crippen molar-refractivity contribution in [1.82, 2.24) is 14.9 Å². The lowest BCUT2D eigenvalue weighted by Crippen LogP contribution is -2.33. The summed E-state index contributed by atoms with van der Waals surface area (Å²) in [7, 11) is 0. The van der Waals surface area contributed by atoms with Gasteiger partial charge in [-0.25, -0.2) is 9.78 Å². The number of H-pyrrole nitrogens is 1. The predicted octanol–water partition coefficient (Wildman–Crippen LogP) is 1.51. The van der Waals surface area contributed by atoms with Crippen LogP contribution in [0.25, 0.3) is 0 Å². The molecule has 2 aromatic rings. The molecule has 1 amide bonds. The lowest BCUT2D eigenvalue weighted by Gasteiger charge is -2.19. The minimum Gasteiger partial charge on any atom is -0.445 e. The molecule has 1 aliphatic heterocycles. The number of aromatic amines is 1. The Hall–Kier alpha value is -2.63. The van der Waals surface area contributed by atoms with E-state index in [-0.39, 0.29) is 18.3 Å². The zero-order chi connectivity index (χ0) is 15.4. The van der Waals surface area contributed by atoms with Gasteiger partial charge in [0.25, 0.3) is 5.56 Å². The average molecular weight is 299 g/mol. The summed E-state index contributed by atoms with van der Waals surface area (Å²) in [5.74, 6) is 0. The summed E-state index contributed by atoms with van der Waals surface area (Å²) in [4.78, 5) is 32.3. The highest BCUT2D eigenvalue weighted by Gasteiger charge is 2.21. The Morgan fingerprint density at radius 3 is 2.82 bits per heavy atom. The molecule has 0 unspecified atom stereocenters. The van der Waals surface area contributed by atoms with Crippen LogP contribution in [0.2, 0.25) is 0 Å². The number of aromatic nitrogens is 2. The van der Waals surface area contributed by atoms with Crippen LogP contribution in [0.3, 0.4) is 0 Å². The monoisotopic (exact) mass is 299 g/mol. The van der Waals surface area contributed by atoms with Gasteiger partial charge in [0.05, 0.1) is 12.0 Å². The highest BCUT2D eigenvalue weighted by Crippen LogP contribution is 2.11. The van der Waals surface area contributed by atoms with Crippen molar-refractivity contribution in [3.8, 4) is 0 Å². The first-order valence-corrected chi connectivity index (χ1v) is 7.25. The quantitative estimate of drug-likeness (QED) is 0.912. The van der Waals surface area contributed by atoms with E-state index in [4.69, 9.17) is 4.74 Å². The first-order valence-electron chi connectivity index (χ1n) is 7.25. The lowest BCUT2D eigenvalue weighted by molar-refractivity contribution is 0.0977. The highest BCUT2D eigenvalue weighted by molar-refractivity contribution is 5.67. The van der Waals surface area contributed by atoms with Gasteiger partial charge < -0.3 is 14.6 Å². The van der Waals surface area contributed by atoms with Crippen LogP contribution in [0.5, 0.6) is 0 Å². The molecule has 6 heteroatoms. The maximum Gasteiger partial charge on any atom is 0.410 e. The number of fused-ring (bicyclic) bond motifs is 1. The normalized spacial score (nSPS) is 14.1. The standard InChI is InChI=1S/C16H17N3O3/c20-15-13-6-8-19(9-7-14(13)17-11-18-15)16(21)22-10-12-4-2-1-3-5-12/h1-5,11H,6-10H2,(H,17,18,20). The first-order chi connectivity index (χ1) is 10.7. The lowest BCUT2D eigenvalue weighted by atomic mass is 10.1. The second-order valence-corrected chi connectivity index (χ2v) is 5.18. The zero-order valence-corrected chi connectivity index (χ0v) is 12.1. The van der Waals surface area contributed by atoms with Gasteiger partial charge in [0, 0.05) is 25.1 Å². The Morgan fingerprint density at radius 2 is 2.00 bits per heavy atom. The van der Waals surface area contributed by atoms with Crippen molar-refractivity contribution in [2.45, 2.75) is 19.4 Å². The summed E-state index contributed by atoms with van der Waals surface area (Å²) in [6, 6.07) is 9.55. The fourth-order valence-electron chi connectivity index (χ4n) is 2.53. The average Bonchev–Trinajstić information content (AvgIpc) is 2.77. The third-order valence-corrected chi connectivity index (χ3v) is 3.75. The van der Waals surface area contributed by atoms with Crippen molar-refractivity contribution in [1.29, 1.82) is 0 Å². The Kier molecular flexibility index (Phi) is 4.18. The number of hydrogen-bond acceptors (Lipinski definition) is 4. The van der Waals surface area contributed by atoms with Crippen LogP contribution in [0.15, 0.2) is 41.5 Å². The van der Waals surface area contributed by atoms with Crippen molar-refractivity contribution in [3.63, 3.8) is 0 Å². The maximum atomic E-state index is 12.2. The van der Waals surface area contributed by atoms with Gasteiger partial charge in [-0.1, -0.05) is 30.3 Å². The van der Waals surface area contributed by atoms with Crippen LogP contribution in [-0.2, 0) is 24.2 Å². The van der Waals surface area contributed by atoms with Crippen molar-refractivity contribution < 1.29 is 9.53 Å². The second-order valence-electron chi connectivity index (χ2n) is 5.18. The minimum atomic E-state index is -0.354. The number of carbonyl (C=O) groups is 1. The van der Waals surface area contributed by atoms with Crippen LogP contribution < -0.4 is 5.56 Å². The summed E-state index contributed by atoms with van der Waals surface area (Å²) in [5, 5.41) is 0. The Balaban J connectivity index is 1.61. The van der Waals surface area contributed by atoms with Crippen LogP contribution in [0, 0.1) is 0 Å². The molecule has 1 aromatic carbocycles. The van der Waals surface area contributed by atoms with E-state index in [0.29, 0.717) is 31.5 Å². The predicted molar refractivity (Wildman–Crippen MR) is 80.5 cm³/mol. The van der Waals surface area contributed by atoms with Crippen molar-refractivity contribution in [3.05, 3.63) is 63.8 Å². The summed E-state index contributed by atoms with van der Waals surface area (Å²) in [6.07, 6.45) is 2.12. The maximum absolute atomic E-state index is 12.2. The molecule has 0 bridgehead atoms. The van der Waals surface area contributed by atoms with E-state index in [1.54, 1.807) is 4.90 Å². The molecule has 1 aliphatic rings. The Labute approximate surface area is 127 Å². The molecule has 0 atom stereocenters. The van der Waals surface area contributed by atoms with E-state index in [9.17, 15) is 9.59 Å². The smallest absolute Gasteiger partial charge is 0.410 e. The summed E-state index contributed by atoms with van der Waals surface area (Å²) >= 11 is 0. The summed E-state index contributed by atoms with van der Waals surface area (Å²) in [6.45, 7) is 1.23. The SMILES string of the molecule is O=C(OCc1ccccc1)N1CCc2nc[nH]c(=O)c2CC1. The Morgan fingerprint density at radius 1 is 1.23 bits per heavy atom. The van der Waals surface area contributed by atoms with Crippen molar-refractivity contribution in [2.24, 2.45) is 0 Å².